The van der Waals surface area contributed by atoms with Crippen molar-refractivity contribution in [3.8, 4) is 0 Å². The second-order valence-corrected chi connectivity index (χ2v) is 6.94. The van der Waals surface area contributed by atoms with Crippen LogP contribution in [0.4, 0.5) is 5.69 Å². The van der Waals surface area contributed by atoms with Crippen molar-refractivity contribution in [3.05, 3.63) is 40.2 Å². The molecule has 1 aliphatic heterocycles. The van der Waals surface area contributed by atoms with Crippen molar-refractivity contribution in [2.45, 2.75) is 32.7 Å². The lowest BCUT2D eigenvalue weighted by Crippen LogP contribution is -2.50. The van der Waals surface area contributed by atoms with E-state index in [4.69, 9.17) is 16.3 Å². The number of nitrogens with zero attached hydrogens (tertiary/aromatic N) is 3. The maximum absolute atomic E-state index is 12.7. The molecule has 1 atom stereocenters. The van der Waals surface area contributed by atoms with Crippen LogP contribution in [0.15, 0.2) is 22.8 Å². The highest BCUT2D eigenvalue weighted by Crippen LogP contribution is 2.21. The van der Waals surface area contributed by atoms with Gasteiger partial charge in [-0.15, -0.1) is 0 Å². The summed E-state index contributed by atoms with van der Waals surface area (Å²) >= 11 is 5.99. The van der Waals surface area contributed by atoms with E-state index in [2.05, 4.69) is 20.3 Å². The Morgan fingerprint density at radius 3 is 2.89 bits per heavy atom. The van der Waals surface area contributed by atoms with Gasteiger partial charge in [0.1, 0.15) is 11.4 Å². The van der Waals surface area contributed by atoms with E-state index in [1.165, 1.54) is 0 Å². The summed E-state index contributed by atoms with van der Waals surface area (Å²) in [6.07, 6.45) is 0.217. The average Bonchev–Trinajstić information content (AvgIpc) is 3.03. The van der Waals surface area contributed by atoms with Gasteiger partial charge in [0.15, 0.2) is 0 Å². The Balaban J connectivity index is 1.64. The van der Waals surface area contributed by atoms with Crippen molar-refractivity contribution in [3.63, 3.8) is 0 Å². The van der Waals surface area contributed by atoms with E-state index in [0.29, 0.717) is 41.9 Å². The number of ether oxygens (including phenoxy) is 1. The molecule has 0 unspecified atom stereocenters. The van der Waals surface area contributed by atoms with Gasteiger partial charge in [0.05, 0.1) is 25.7 Å². The normalized spacial score (nSPS) is 17.0. The van der Waals surface area contributed by atoms with E-state index in [0.717, 1.165) is 5.56 Å². The fourth-order valence-electron chi connectivity index (χ4n) is 2.95. The van der Waals surface area contributed by atoms with E-state index in [1.54, 1.807) is 24.0 Å². The second kappa shape index (κ2) is 8.49. The summed E-state index contributed by atoms with van der Waals surface area (Å²) in [4.78, 5) is 26.8. The first kappa shape index (κ1) is 19.3. The van der Waals surface area contributed by atoms with Gasteiger partial charge < -0.3 is 15.0 Å². The standard InChI is InChI=1S/C18H21ClN4O4/c1-11-3-4-13(19)7-15(11)20-17(24)8-14-10-26-6-5-23(14)18(25)9-16-12(2)21-27-22-16/h3-4,7,14H,5-6,8-10H2,1-2H3,(H,20,24)/t14-/m0/s1. The molecule has 0 spiro atoms. The lowest BCUT2D eigenvalue weighted by Gasteiger charge is -2.35. The third kappa shape index (κ3) is 4.84. The smallest absolute Gasteiger partial charge is 0.229 e. The third-order valence-electron chi connectivity index (χ3n) is 4.51. The highest BCUT2D eigenvalue weighted by molar-refractivity contribution is 6.31. The summed E-state index contributed by atoms with van der Waals surface area (Å²) in [7, 11) is 0. The van der Waals surface area contributed by atoms with Gasteiger partial charge in [0, 0.05) is 23.7 Å². The molecule has 144 valence electrons. The van der Waals surface area contributed by atoms with Crippen LogP contribution in [-0.4, -0.2) is 52.8 Å². The molecule has 2 amide bonds. The molecule has 0 bridgehead atoms. The van der Waals surface area contributed by atoms with Crippen LogP contribution >= 0.6 is 11.6 Å². The predicted octanol–water partition coefficient (Wildman–Crippen LogP) is 2.14. The summed E-state index contributed by atoms with van der Waals surface area (Å²) in [5, 5.41) is 10.8. The Labute approximate surface area is 161 Å². The van der Waals surface area contributed by atoms with Crippen molar-refractivity contribution in [1.29, 1.82) is 0 Å². The SMILES string of the molecule is Cc1ccc(Cl)cc1NC(=O)C[C@H]1COCCN1C(=O)Cc1nonc1C. The van der Waals surface area contributed by atoms with Crippen molar-refractivity contribution >= 4 is 29.1 Å². The van der Waals surface area contributed by atoms with Gasteiger partial charge in [-0.3, -0.25) is 9.59 Å². The molecular formula is C18H21ClN4O4. The van der Waals surface area contributed by atoms with Crippen LogP contribution in [-0.2, 0) is 20.7 Å². The minimum atomic E-state index is -0.342. The lowest BCUT2D eigenvalue weighted by molar-refractivity contribution is -0.140. The highest BCUT2D eigenvalue weighted by Gasteiger charge is 2.30. The maximum atomic E-state index is 12.7. The average molecular weight is 393 g/mol. The molecule has 3 rings (SSSR count). The Kier molecular flexibility index (Phi) is 6.08. The number of aromatic nitrogens is 2. The van der Waals surface area contributed by atoms with E-state index in [-0.39, 0.29) is 30.7 Å². The lowest BCUT2D eigenvalue weighted by atomic mass is 10.1. The molecule has 8 nitrogen and oxygen atoms in total. The van der Waals surface area contributed by atoms with Crippen LogP contribution in [0.25, 0.3) is 0 Å². The Bertz CT molecular complexity index is 839. The van der Waals surface area contributed by atoms with Gasteiger partial charge in [0.2, 0.25) is 11.8 Å². The molecule has 9 heteroatoms. The van der Waals surface area contributed by atoms with Gasteiger partial charge in [0.25, 0.3) is 0 Å². The fourth-order valence-corrected chi connectivity index (χ4v) is 3.12. The number of hydrogen-bond acceptors (Lipinski definition) is 6. The molecule has 1 saturated heterocycles. The second-order valence-electron chi connectivity index (χ2n) is 6.50. The van der Waals surface area contributed by atoms with Crippen molar-refractivity contribution in [2.75, 3.05) is 25.1 Å². The summed E-state index contributed by atoms with van der Waals surface area (Å²) < 4.78 is 10.1. The molecule has 1 aromatic carbocycles. The van der Waals surface area contributed by atoms with Gasteiger partial charge in [-0.2, -0.15) is 0 Å². The monoisotopic (exact) mass is 392 g/mol. The fraction of sp³-hybridized carbons (Fsp3) is 0.444. The molecule has 1 fully saturated rings. The zero-order chi connectivity index (χ0) is 19.4. The van der Waals surface area contributed by atoms with Crippen LogP contribution in [0.5, 0.6) is 0 Å². The number of morpholine rings is 1. The molecule has 1 N–H and O–H groups in total. The topological polar surface area (TPSA) is 97.6 Å². The Morgan fingerprint density at radius 1 is 1.33 bits per heavy atom. The molecule has 0 aliphatic carbocycles. The number of benzene rings is 1. The van der Waals surface area contributed by atoms with Crippen molar-refractivity contribution in [2.24, 2.45) is 0 Å². The molecule has 2 heterocycles. The largest absolute Gasteiger partial charge is 0.377 e. The zero-order valence-electron chi connectivity index (χ0n) is 15.2. The van der Waals surface area contributed by atoms with E-state index >= 15 is 0 Å². The number of rotatable bonds is 5. The minimum Gasteiger partial charge on any atom is -0.377 e. The first-order valence-corrected chi connectivity index (χ1v) is 9.03. The zero-order valence-corrected chi connectivity index (χ0v) is 16.0. The molecule has 1 aromatic heterocycles. The number of anilines is 1. The van der Waals surface area contributed by atoms with Gasteiger partial charge in [-0.1, -0.05) is 28.0 Å². The summed E-state index contributed by atoms with van der Waals surface area (Å²) in [6, 6.07) is 4.97. The molecule has 0 saturated carbocycles. The van der Waals surface area contributed by atoms with Crippen molar-refractivity contribution < 1.29 is 19.0 Å². The third-order valence-corrected chi connectivity index (χ3v) is 4.74. The first-order chi connectivity index (χ1) is 12.9. The number of amides is 2. The molecule has 0 radical (unpaired) electrons. The quantitative estimate of drug-likeness (QED) is 0.837. The van der Waals surface area contributed by atoms with E-state index in [1.807, 2.05) is 13.0 Å². The molecule has 1 aliphatic rings. The van der Waals surface area contributed by atoms with Crippen LogP contribution in [0, 0.1) is 13.8 Å². The number of carbonyl (C=O) groups is 2. The van der Waals surface area contributed by atoms with Crippen LogP contribution < -0.4 is 5.32 Å². The molecule has 2 aromatic rings. The Hall–Kier alpha value is -2.45. The van der Waals surface area contributed by atoms with Gasteiger partial charge in [-0.05, 0) is 31.5 Å². The van der Waals surface area contributed by atoms with E-state index in [9.17, 15) is 9.59 Å². The Morgan fingerprint density at radius 2 is 2.15 bits per heavy atom. The van der Waals surface area contributed by atoms with E-state index < -0.39 is 0 Å². The van der Waals surface area contributed by atoms with Gasteiger partial charge >= 0.3 is 0 Å². The number of hydrogen-bond donors (Lipinski definition) is 1. The number of nitrogens with one attached hydrogen (secondary N) is 1. The molecular weight excluding hydrogens is 372 g/mol. The first-order valence-electron chi connectivity index (χ1n) is 8.65. The van der Waals surface area contributed by atoms with Gasteiger partial charge in [-0.25, -0.2) is 4.63 Å². The summed E-state index contributed by atoms with van der Waals surface area (Å²) in [5.74, 6) is -0.332. The summed E-state index contributed by atoms with van der Waals surface area (Å²) in [5.41, 5.74) is 2.66. The van der Waals surface area contributed by atoms with Crippen molar-refractivity contribution in [1.82, 2.24) is 15.2 Å². The number of aryl methyl sites for hydroxylation is 2. The number of carbonyl (C=O) groups excluding carboxylic acids is 2. The molecule has 27 heavy (non-hydrogen) atoms. The highest BCUT2D eigenvalue weighted by atomic mass is 35.5. The maximum Gasteiger partial charge on any atom is 0.229 e. The van der Waals surface area contributed by atoms with Crippen LogP contribution in [0.3, 0.4) is 0 Å². The van der Waals surface area contributed by atoms with Crippen LogP contribution in [0.1, 0.15) is 23.4 Å². The minimum absolute atomic E-state index is 0.0842. The summed E-state index contributed by atoms with van der Waals surface area (Å²) in [6.45, 7) is 4.80. The van der Waals surface area contributed by atoms with Crippen LogP contribution in [0.2, 0.25) is 5.02 Å². The predicted molar refractivity (Wildman–Crippen MR) is 98.5 cm³/mol. The number of halogens is 1.